The van der Waals surface area contributed by atoms with Crippen LogP contribution in [0.4, 0.5) is 0 Å². The maximum absolute atomic E-state index is 13.4. The van der Waals surface area contributed by atoms with Crippen LogP contribution in [0.15, 0.2) is 96.0 Å². The summed E-state index contributed by atoms with van der Waals surface area (Å²) < 4.78 is 0. The van der Waals surface area contributed by atoms with Gasteiger partial charge in [0.2, 0.25) is 0 Å². The molecule has 1 saturated heterocycles. The van der Waals surface area contributed by atoms with Gasteiger partial charge in [-0.3, -0.25) is 9.79 Å². The molecule has 0 aromatic heterocycles. The van der Waals surface area contributed by atoms with Gasteiger partial charge in [-0.2, -0.15) is 0 Å². The van der Waals surface area contributed by atoms with E-state index in [4.69, 9.17) is 4.99 Å². The van der Waals surface area contributed by atoms with E-state index in [2.05, 4.69) is 110 Å². The standard InChI is InChI=1S/C32H36N2O/c1-24(2)21-33-31(20-25-12-6-3-7-13-25)34-22-28-29(23-34)32(19-18-30(28)35,26-14-8-4-9-15-26)27-16-10-5-11-17-27/h3-17,24,28-29H,18-23H2,1-2H3. The molecule has 1 aliphatic carbocycles. The van der Waals surface area contributed by atoms with Gasteiger partial charge in [0.1, 0.15) is 11.6 Å². The van der Waals surface area contributed by atoms with E-state index in [1.54, 1.807) is 0 Å². The Morgan fingerprint density at radius 1 is 0.886 bits per heavy atom. The number of aliphatic imine (C=N–C) groups is 1. The Morgan fingerprint density at radius 2 is 1.46 bits per heavy atom. The number of Topliss-reactive ketones (excluding diaryl/α,β-unsaturated/α-hetero) is 1. The number of hydrogen-bond acceptors (Lipinski definition) is 2. The highest BCUT2D eigenvalue weighted by Crippen LogP contribution is 2.52. The highest BCUT2D eigenvalue weighted by atomic mass is 16.1. The first-order valence-corrected chi connectivity index (χ1v) is 13.0. The molecule has 3 aromatic carbocycles. The molecule has 0 amide bonds. The molecular formula is C32H36N2O. The zero-order valence-electron chi connectivity index (χ0n) is 20.9. The van der Waals surface area contributed by atoms with Crippen molar-refractivity contribution in [3.8, 4) is 0 Å². The number of nitrogens with zero attached hydrogens (tertiary/aromatic N) is 2. The third-order valence-corrected chi connectivity index (χ3v) is 7.92. The van der Waals surface area contributed by atoms with Crippen LogP contribution in [0, 0.1) is 17.8 Å². The maximum Gasteiger partial charge on any atom is 0.138 e. The van der Waals surface area contributed by atoms with Crippen molar-refractivity contribution in [1.82, 2.24) is 4.90 Å². The van der Waals surface area contributed by atoms with Gasteiger partial charge < -0.3 is 4.90 Å². The average molecular weight is 465 g/mol. The molecule has 0 bridgehead atoms. The fourth-order valence-corrected chi connectivity index (χ4v) is 6.22. The van der Waals surface area contributed by atoms with Crippen LogP contribution in [0.25, 0.3) is 0 Å². The molecule has 2 fully saturated rings. The molecule has 2 unspecified atom stereocenters. The van der Waals surface area contributed by atoms with Crippen molar-refractivity contribution in [1.29, 1.82) is 0 Å². The predicted octanol–water partition coefficient (Wildman–Crippen LogP) is 6.18. The Hall–Kier alpha value is -3.20. The van der Waals surface area contributed by atoms with Crippen LogP contribution in [0.2, 0.25) is 0 Å². The molecule has 5 rings (SSSR count). The second kappa shape index (κ2) is 10.2. The minimum absolute atomic E-state index is 0.0317. The molecule has 1 saturated carbocycles. The number of ketones is 1. The SMILES string of the molecule is CC(C)CN=C(Cc1ccccc1)N1CC2C(=O)CCC(c3ccccc3)(c3ccccc3)C2C1. The van der Waals surface area contributed by atoms with Crippen LogP contribution in [0.5, 0.6) is 0 Å². The molecule has 2 aliphatic rings. The zero-order chi connectivity index (χ0) is 24.3. The van der Waals surface area contributed by atoms with Crippen LogP contribution in [-0.2, 0) is 16.6 Å². The van der Waals surface area contributed by atoms with Gasteiger partial charge >= 0.3 is 0 Å². The largest absolute Gasteiger partial charge is 0.359 e. The van der Waals surface area contributed by atoms with Crippen LogP contribution >= 0.6 is 0 Å². The first-order chi connectivity index (χ1) is 17.1. The predicted molar refractivity (Wildman–Crippen MR) is 144 cm³/mol. The van der Waals surface area contributed by atoms with Crippen LogP contribution in [0.3, 0.4) is 0 Å². The summed E-state index contributed by atoms with van der Waals surface area (Å²) in [6, 6.07) is 32.4. The third-order valence-electron chi connectivity index (χ3n) is 7.92. The summed E-state index contributed by atoms with van der Waals surface area (Å²) in [4.78, 5) is 20.9. The van der Waals surface area contributed by atoms with E-state index in [9.17, 15) is 4.79 Å². The van der Waals surface area contributed by atoms with Gasteiger partial charge in [-0.15, -0.1) is 0 Å². The molecule has 35 heavy (non-hydrogen) atoms. The Balaban J connectivity index is 1.55. The van der Waals surface area contributed by atoms with Gasteiger partial charge in [0.25, 0.3) is 0 Å². The third kappa shape index (κ3) is 4.69. The molecule has 1 aliphatic heterocycles. The summed E-state index contributed by atoms with van der Waals surface area (Å²) in [6.45, 7) is 6.88. The van der Waals surface area contributed by atoms with Gasteiger partial charge in [-0.25, -0.2) is 0 Å². The minimum Gasteiger partial charge on any atom is -0.359 e. The molecule has 0 radical (unpaired) electrons. The summed E-state index contributed by atoms with van der Waals surface area (Å²) in [5.41, 5.74) is 3.78. The number of amidine groups is 1. The second-order valence-corrected chi connectivity index (χ2v) is 10.6. The molecule has 180 valence electrons. The molecular weight excluding hydrogens is 428 g/mol. The van der Waals surface area contributed by atoms with Gasteiger partial charge in [0.15, 0.2) is 0 Å². The summed E-state index contributed by atoms with van der Waals surface area (Å²) in [6.07, 6.45) is 2.31. The lowest BCUT2D eigenvalue weighted by Crippen LogP contribution is -2.47. The van der Waals surface area contributed by atoms with E-state index < -0.39 is 0 Å². The topological polar surface area (TPSA) is 32.7 Å². The molecule has 3 heteroatoms. The Bertz CT molecular complexity index is 1110. The highest BCUT2D eigenvalue weighted by molar-refractivity contribution is 5.88. The first kappa shape index (κ1) is 23.5. The number of fused-ring (bicyclic) bond motifs is 1. The van der Waals surface area contributed by atoms with Gasteiger partial charge in [-0.05, 0) is 29.0 Å². The van der Waals surface area contributed by atoms with Gasteiger partial charge in [0.05, 0.1) is 0 Å². The van der Waals surface area contributed by atoms with Gasteiger partial charge in [0, 0.05) is 49.7 Å². The number of carbonyl (C=O) groups excluding carboxylic acids is 1. The summed E-state index contributed by atoms with van der Waals surface area (Å²) >= 11 is 0. The lowest BCUT2D eigenvalue weighted by Gasteiger charge is -2.45. The molecule has 2 atom stereocenters. The monoisotopic (exact) mass is 464 g/mol. The number of rotatable bonds is 6. The average Bonchev–Trinajstić information content (AvgIpc) is 3.35. The van der Waals surface area contributed by atoms with E-state index in [0.717, 1.165) is 38.3 Å². The van der Waals surface area contributed by atoms with E-state index in [1.807, 2.05) is 0 Å². The summed E-state index contributed by atoms with van der Waals surface area (Å²) in [5.74, 6) is 2.31. The summed E-state index contributed by atoms with van der Waals surface area (Å²) in [5, 5.41) is 0. The van der Waals surface area contributed by atoms with Crippen molar-refractivity contribution in [2.24, 2.45) is 22.7 Å². The van der Waals surface area contributed by atoms with E-state index >= 15 is 0 Å². The van der Waals surface area contributed by atoms with E-state index in [1.165, 1.54) is 16.7 Å². The number of benzene rings is 3. The Kier molecular flexibility index (Phi) is 6.86. The van der Waals surface area contributed by atoms with E-state index in [-0.39, 0.29) is 17.3 Å². The summed E-state index contributed by atoms with van der Waals surface area (Å²) in [7, 11) is 0. The molecule has 0 spiro atoms. The first-order valence-electron chi connectivity index (χ1n) is 13.0. The quantitative estimate of drug-likeness (QED) is 0.322. The fourth-order valence-electron chi connectivity index (χ4n) is 6.22. The number of hydrogen-bond donors (Lipinski definition) is 0. The highest BCUT2D eigenvalue weighted by Gasteiger charge is 2.54. The van der Waals surface area contributed by atoms with Crippen molar-refractivity contribution in [3.63, 3.8) is 0 Å². The van der Waals surface area contributed by atoms with E-state index in [0.29, 0.717) is 18.1 Å². The smallest absolute Gasteiger partial charge is 0.138 e. The van der Waals surface area contributed by atoms with Crippen LogP contribution in [-0.4, -0.2) is 36.2 Å². The van der Waals surface area contributed by atoms with Crippen molar-refractivity contribution >= 4 is 11.6 Å². The van der Waals surface area contributed by atoms with Crippen LogP contribution < -0.4 is 0 Å². The fraction of sp³-hybridized carbons (Fsp3) is 0.375. The number of likely N-dealkylation sites (tertiary alicyclic amines) is 1. The lowest BCUT2D eigenvalue weighted by atomic mass is 9.56. The normalized spacial score (nSPS) is 21.9. The van der Waals surface area contributed by atoms with Gasteiger partial charge in [-0.1, -0.05) is 105 Å². The Labute approximate surface area is 209 Å². The molecule has 3 aromatic rings. The van der Waals surface area contributed by atoms with Crippen molar-refractivity contribution in [2.45, 2.75) is 38.5 Å². The van der Waals surface area contributed by atoms with Crippen molar-refractivity contribution in [2.75, 3.05) is 19.6 Å². The number of carbonyl (C=O) groups is 1. The molecule has 0 N–H and O–H groups in total. The van der Waals surface area contributed by atoms with Crippen molar-refractivity contribution in [3.05, 3.63) is 108 Å². The minimum atomic E-state index is -0.161. The zero-order valence-corrected chi connectivity index (χ0v) is 20.9. The lowest BCUT2D eigenvalue weighted by molar-refractivity contribution is -0.126. The Morgan fingerprint density at radius 3 is 2.03 bits per heavy atom. The second-order valence-electron chi connectivity index (χ2n) is 10.6. The molecule has 3 nitrogen and oxygen atoms in total. The van der Waals surface area contributed by atoms with Crippen molar-refractivity contribution < 1.29 is 4.79 Å². The molecule has 1 heterocycles. The maximum atomic E-state index is 13.4. The van der Waals surface area contributed by atoms with Crippen LogP contribution in [0.1, 0.15) is 43.4 Å².